The Kier molecular flexibility index (Phi) is 6.47. The van der Waals surface area contributed by atoms with E-state index in [0.717, 1.165) is 6.42 Å². The van der Waals surface area contributed by atoms with Crippen molar-refractivity contribution in [1.82, 2.24) is 25.5 Å². The Balaban J connectivity index is 1.66. The first-order chi connectivity index (χ1) is 13.7. The standard InChI is InChI=1S/C18H20N6O4/c1-27-10-5-9-19-16(25)12-24-22-17(21-23-24)13-6-2-3-7-14(13)20-18(26)15-8-4-11-28-15/h2-4,6-8,11H,5,9-10,12H2,1H3,(H,19,25)(H,20,26). The predicted molar refractivity (Wildman–Crippen MR) is 99.4 cm³/mol. The summed E-state index contributed by atoms with van der Waals surface area (Å²) in [5.41, 5.74) is 1.08. The van der Waals surface area contributed by atoms with Crippen molar-refractivity contribution in [2.75, 3.05) is 25.6 Å². The van der Waals surface area contributed by atoms with Crippen molar-refractivity contribution in [3.63, 3.8) is 0 Å². The van der Waals surface area contributed by atoms with Gasteiger partial charge in [0.1, 0.15) is 6.54 Å². The molecule has 0 radical (unpaired) electrons. The molecule has 0 aliphatic heterocycles. The molecular formula is C18H20N6O4. The summed E-state index contributed by atoms with van der Waals surface area (Å²) in [6.45, 7) is 1.03. The Morgan fingerprint density at radius 2 is 2.07 bits per heavy atom. The van der Waals surface area contributed by atoms with E-state index >= 15 is 0 Å². The molecule has 0 atom stereocenters. The van der Waals surface area contributed by atoms with Crippen LogP contribution < -0.4 is 10.6 Å². The molecule has 28 heavy (non-hydrogen) atoms. The molecule has 10 nitrogen and oxygen atoms in total. The number of nitrogens with zero attached hydrogens (tertiary/aromatic N) is 4. The van der Waals surface area contributed by atoms with Crippen molar-refractivity contribution < 1.29 is 18.7 Å². The number of anilines is 1. The molecule has 146 valence electrons. The molecule has 1 aromatic carbocycles. The second kappa shape index (κ2) is 9.42. The lowest BCUT2D eigenvalue weighted by molar-refractivity contribution is -0.122. The van der Waals surface area contributed by atoms with E-state index < -0.39 is 0 Å². The van der Waals surface area contributed by atoms with E-state index in [1.54, 1.807) is 43.5 Å². The minimum atomic E-state index is -0.389. The summed E-state index contributed by atoms with van der Waals surface area (Å²) in [6.07, 6.45) is 2.15. The van der Waals surface area contributed by atoms with Gasteiger partial charge in [-0.2, -0.15) is 4.80 Å². The van der Waals surface area contributed by atoms with Crippen LogP contribution >= 0.6 is 0 Å². The molecular weight excluding hydrogens is 364 g/mol. The van der Waals surface area contributed by atoms with E-state index in [2.05, 4.69) is 26.0 Å². The Labute approximate surface area is 160 Å². The van der Waals surface area contributed by atoms with Gasteiger partial charge in [-0.1, -0.05) is 12.1 Å². The van der Waals surface area contributed by atoms with Crippen LogP contribution in [0.3, 0.4) is 0 Å². The van der Waals surface area contributed by atoms with Crippen molar-refractivity contribution >= 4 is 17.5 Å². The highest BCUT2D eigenvalue weighted by Gasteiger charge is 2.15. The normalized spacial score (nSPS) is 10.6. The van der Waals surface area contributed by atoms with E-state index in [9.17, 15) is 9.59 Å². The summed E-state index contributed by atoms with van der Waals surface area (Å²) >= 11 is 0. The minimum Gasteiger partial charge on any atom is -0.459 e. The molecule has 2 N–H and O–H groups in total. The van der Waals surface area contributed by atoms with Gasteiger partial charge < -0.3 is 19.8 Å². The zero-order valence-corrected chi connectivity index (χ0v) is 15.3. The highest BCUT2D eigenvalue weighted by Crippen LogP contribution is 2.24. The number of carbonyl (C=O) groups excluding carboxylic acids is 2. The predicted octanol–water partition coefficient (Wildman–Crippen LogP) is 1.34. The number of carbonyl (C=O) groups is 2. The summed E-state index contributed by atoms with van der Waals surface area (Å²) in [5, 5.41) is 17.6. The van der Waals surface area contributed by atoms with Gasteiger partial charge in [0, 0.05) is 25.8 Å². The fourth-order valence-corrected chi connectivity index (χ4v) is 2.43. The largest absolute Gasteiger partial charge is 0.459 e. The van der Waals surface area contributed by atoms with Crippen LogP contribution in [0.4, 0.5) is 5.69 Å². The van der Waals surface area contributed by atoms with Crippen molar-refractivity contribution in [2.24, 2.45) is 0 Å². The number of ether oxygens (including phenoxy) is 1. The summed E-state index contributed by atoms with van der Waals surface area (Å²) < 4.78 is 10.0. The second-order valence-electron chi connectivity index (χ2n) is 5.82. The van der Waals surface area contributed by atoms with E-state index in [-0.39, 0.29) is 24.1 Å². The Morgan fingerprint density at radius 3 is 2.86 bits per heavy atom. The average molecular weight is 384 g/mol. The highest BCUT2D eigenvalue weighted by atomic mass is 16.5. The van der Waals surface area contributed by atoms with E-state index in [1.807, 2.05) is 0 Å². The van der Waals surface area contributed by atoms with Gasteiger partial charge in [0.2, 0.25) is 11.7 Å². The lowest BCUT2D eigenvalue weighted by Crippen LogP contribution is -2.29. The van der Waals surface area contributed by atoms with Crippen LogP contribution in [0.5, 0.6) is 0 Å². The third-order valence-electron chi connectivity index (χ3n) is 3.75. The lowest BCUT2D eigenvalue weighted by Gasteiger charge is -2.07. The number of hydrogen-bond donors (Lipinski definition) is 2. The fraction of sp³-hybridized carbons (Fsp3) is 0.278. The van der Waals surface area contributed by atoms with Gasteiger partial charge in [-0.05, 0) is 35.9 Å². The van der Waals surface area contributed by atoms with Crippen LogP contribution in [0.25, 0.3) is 11.4 Å². The molecule has 0 aliphatic carbocycles. The molecule has 0 saturated carbocycles. The number of tetrazole rings is 1. The van der Waals surface area contributed by atoms with Crippen LogP contribution in [0, 0.1) is 0 Å². The van der Waals surface area contributed by atoms with Crippen LogP contribution in [0.1, 0.15) is 17.0 Å². The molecule has 2 heterocycles. The number of methoxy groups -OCH3 is 1. The molecule has 0 spiro atoms. The lowest BCUT2D eigenvalue weighted by atomic mass is 10.1. The van der Waals surface area contributed by atoms with Crippen molar-refractivity contribution in [1.29, 1.82) is 0 Å². The smallest absolute Gasteiger partial charge is 0.291 e. The quantitative estimate of drug-likeness (QED) is 0.533. The second-order valence-corrected chi connectivity index (χ2v) is 5.82. The van der Waals surface area contributed by atoms with E-state index in [0.29, 0.717) is 30.2 Å². The molecule has 0 saturated heterocycles. The zero-order valence-electron chi connectivity index (χ0n) is 15.3. The van der Waals surface area contributed by atoms with Crippen LogP contribution in [0.2, 0.25) is 0 Å². The average Bonchev–Trinajstić information content (AvgIpc) is 3.38. The maximum Gasteiger partial charge on any atom is 0.291 e. The summed E-state index contributed by atoms with van der Waals surface area (Å²) in [7, 11) is 1.61. The van der Waals surface area contributed by atoms with Crippen LogP contribution in [0.15, 0.2) is 47.1 Å². The third kappa shape index (κ3) is 5.01. The SMILES string of the molecule is COCCCNC(=O)Cn1nnc(-c2ccccc2NC(=O)c2ccco2)n1. The maximum absolute atomic E-state index is 12.2. The summed E-state index contributed by atoms with van der Waals surface area (Å²) in [4.78, 5) is 25.3. The number of furan rings is 1. The topological polar surface area (TPSA) is 124 Å². The molecule has 0 fully saturated rings. The number of amides is 2. The zero-order chi connectivity index (χ0) is 19.8. The molecule has 3 aromatic rings. The van der Waals surface area contributed by atoms with Gasteiger partial charge in [-0.25, -0.2) is 0 Å². The van der Waals surface area contributed by atoms with Crippen LogP contribution in [-0.4, -0.2) is 52.3 Å². The molecule has 2 aromatic heterocycles. The van der Waals surface area contributed by atoms with Crippen molar-refractivity contribution in [3.8, 4) is 11.4 Å². The van der Waals surface area contributed by atoms with Crippen molar-refractivity contribution in [3.05, 3.63) is 48.4 Å². The first-order valence-electron chi connectivity index (χ1n) is 8.65. The van der Waals surface area contributed by atoms with Crippen LogP contribution in [-0.2, 0) is 16.1 Å². The first-order valence-corrected chi connectivity index (χ1v) is 8.65. The maximum atomic E-state index is 12.2. The number of aromatic nitrogens is 4. The third-order valence-corrected chi connectivity index (χ3v) is 3.75. The Hall–Kier alpha value is -3.53. The molecule has 10 heteroatoms. The molecule has 0 bridgehead atoms. The minimum absolute atomic E-state index is 0.0547. The van der Waals surface area contributed by atoms with Gasteiger partial charge in [-0.3, -0.25) is 9.59 Å². The molecule has 0 unspecified atom stereocenters. The number of rotatable bonds is 9. The van der Waals surface area contributed by atoms with Gasteiger partial charge >= 0.3 is 0 Å². The molecule has 3 rings (SSSR count). The summed E-state index contributed by atoms with van der Waals surface area (Å²) in [6, 6.07) is 10.2. The number of hydrogen-bond acceptors (Lipinski definition) is 7. The summed E-state index contributed by atoms with van der Waals surface area (Å²) in [5.74, 6) is -0.126. The monoisotopic (exact) mass is 384 g/mol. The van der Waals surface area contributed by atoms with E-state index in [1.165, 1.54) is 11.1 Å². The molecule has 2 amide bonds. The fourth-order valence-electron chi connectivity index (χ4n) is 2.43. The Bertz CT molecular complexity index is 922. The Morgan fingerprint density at radius 1 is 1.21 bits per heavy atom. The highest BCUT2D eigenvalue weighted by molar-refractivity contribution is 6.04. The molecule has 0 aliphatic rings. The first kappa shape index (κ1) is 19.2. The number of nitrogens with one attached hydrogen (secondary N) is 2. The van der Waals surface area contributed by atoms with Gasteiger partial charge in [-0.15, -0.1) is 10.2 Å². The van der Waals surface area contributed by atoms with Gasteiger partial charge in [0.15, 0.2) is 5.76 Å². The number of para-hydroxylation sites is 1. The van der Waals surface area contributed by atoms with Gasteiger partial charge in [0.25, 0.3) is 5.91 Å². The van der Waals surface area contributed by atoms with Gasteiger partial charge in [0.05, 0.1) is 12.0 Å². The van der Waals surface area contributed by atoms with Crippen molar-refractivity contribution in [2.45, 2.75) is 13.0 Å². The number of benzene rings is 1. The van der Waals surface area contributed by atoms with E-state index in [4.69, 9.17) is 9.15 Å².